The van der Waals surface area contributed by atoms with Crippen molar-refractivity contribution in [1.29, 1.82) is 0 Å². The largest absolute Gasteiger partial charge is 0.465 e. The maximum atomic E-state index is 14.7. The van der Waals surface area contributed by atoms with E-state index in [1.165, 1.54) is 18.7 Å². The molecule has 34 nitrogen and oxygen atoms in total. The fraction of sp³-hybridized carbons (Fsp3) is 0.590. The summed E-state index contributed by atoms with van der Waals surface area (Å²) in [6.07, 6.45) is -5.05. The minimum Gasteiger partial charge on any atom is -0.465 e. The molecule has 540 valence electrons. The third-order valence-corrected chi connectivity index (χ3v) is 16.7. The molecule has 1 saturated heterocycles. The number of amides is 11. The minimum atomic E-state index is -1.81. The first kappa shape index (κ1) is 83.2. The van der Waals surface area contributed by atoms with E-state index < -0.39 is 169 Å². The number of nitrogens with one attached hydrogen (secondary N) is 11. The number of hydrogen-bond acceptors (Lipinski definition) is 25. The predicted octanol–water partition coefficient (Wildman–Crippen LogP) is -7.29. The Bertz CT molecular complexity index is 2890. The van der Waals surface area contributed by atoms with E-state index >= 15 is 0 Å². The van der Waals surface area contributed by atoms with Crippen LogP contribution in [-0.4, -0.2) is 241 Å². The summed E-state index contributed by atoms with van der Waals surface area (Å²) in [5.41, 5.74) is 36.4. The van der Waals surface area contributed by atoms with Gasteiger partial charge in [-0.3, -0.25) is 57.5 Å². The van der Waals surface area contributed by atoms with E-state index in [4.69, 9.17) is 43.9 Å². The Morgan fingerprint density at radius 2 is 1.05 bits per heavy atom. The van der Waals surface area contributed by atoms with Crippen molar-refractivity contribution in [3.8, 4) is 0 Å². The Balaban J connectivity index is 2.07. The zero-order valence-electron chi connectivity index (χ0n) is 54.7. The van der Waals surface area contributed by atoms with Gasteiger partial charge in [-0.05, 0) is 103 Å². The molecule has 1 heterocycles. The highest BCUT2D eigenvalue weighted by atomic mass is 32.2. The third-order valence-electron chi connectivity index (χ3n) is 14.6. The van der Waals surface area contributed by atoms with E-state index in [0.717, 1.165) is 18.7 Å². The van der Waals surface area contributed by atoms with Gasteiger partial charge in [0, 0.05) is 42.4 Å². The van der Waals surface area contributed by atoms with Crippen LogP contribution in [0, 0.1) is 0 Å². The number of rotatable bonds is 34. The lowest BCUT2D eigenvalue weighted by Gasteiger charge is -2.29. The zero-order chi connectivity index (χ0) is 72.0. The van der Waals surface area contributed by atoms with Crippen molar-refractivity contribution in [3.05, 3.63) is 71.8 Å². The summed E-state index contributed by atoms with van der Waals surface area (Å²) in [6.45, 7) is 2.33. The van der Waals surface area contributed by atoms with Crippen molar-refractivity contribution in [2.75, 3.05) is 75.5 Å². The molecule has 2 aromatic carbocycles. The lowest BCUT2D eigenvalue weighted by atomic mass is 10.0. The number of hydrogen-bond donors (Lipinski definition) is 19. The smallest absolute Gasteiger partial charge is 0.338 e. The monoisotopic (exact) mass is 1400 g/mol. The first-order valence-corrected chi connectivity index (χ1v) is 34.1. The van der Waals surface area contributed by atoms with Crippen molar-refractivity contribution in [2.24, 2.45) is 34.4 Å². The highest BCUT2D eigenvalue weighted by molar-refractivity contribution is 7.99. The highest BCUT2D eigenvalue weighted by Crippen LogP contribution is 2.12. The molecule has 0 radical (unpaired) electrons. The molecule has 0 aromatic heterocycles. The molecule has 2 aromatic rings. The van der Waals surface area contributed by atoms with Gasteiger partial charge in [-0.1, -0.05) is 55.5 Å². The zero-order valence-corrected chi connectivity index (χ0v) is 56.4. The minimum absolute atomic E-state index is 0.0665. The Hall–Kier alpha value is -8.07. The lowest BCUT2D eigenvalue weighted by Crippen LogP contribution is -2.62. The standard InChI is InChI=1S/C61H97N17O17S2/c1-4-47(81)94-27-29-96-32-38(67)50(82)69-42(18-24-65)55(87)78-49(35(3)80)60(92)74-41(17-23-64)52(84)73-44-20-26-68-59(91)48(34(2)79)77-56(88)43(19-25-66)71-51(83)39(15-21-62)72-58(90)46(33-97-30-28-95-61(93)37-13-9-6-10-14-37)76-57(89)45(31-36-11-7-5-8-12-36)75-53(85)40(16-22-63)70-54(44)86/h5-14,34-35,38-46,48-49,79-80H,4,15-33,62-67H2,1-3H3,(H,68,91)(H,69,82)(H,70,86)(H,71,83)(H,72,90)(H,73,84)(H,74,92)(H,75,85)(H,76,89)(H,77,88)(H,78,87)/t34-,35-,38+,39+,40+,41+,42+,43+,44+,45-,46+,48+,49+/m1/s1. The predicted molar refractivity (Wildman–Crippen MR) is 359 cm³/mol. The number of carbonyl (C=O) groups excluding carboxylic acids is 13. The Kier molecular flexibility index (Phi) is 39.0. The summed E-state index contributed by atoms with van der Waals surface area (Å²) < 4.78 is 10.4. The molecule has 36 heteroatoms. The van der Waals surface area contributed by atoms with Crippen molar-refractivity contribution in [1.82, 2.24) is 58.5 Å². The van der Waals surface area contributed by atoms with Gasteiger partial charge in [0.05, 0.1) is 23.8 Å². The molecule has 0 spiro atoms. The fourth-order valence-corrected chi connectivity index (χ4v) is 10.9. The summed E-state index contributed by atoms with van der Waals surface area (Å²) in [6, 6.07) is -0.487. The third kappa shape index (κ3) is 30.1. The Morgan fingerprint density at radius 3 is 1.60 bits per heavy atom. The van der Waals surface area contributed by atoms with Gasteiger partial charge in [0.15, 0.2) is 0 Å². The van der Waals surface area contributed by atoms with E-state index in [9.17, 15) is 72.5 Å². The van der Waals surface area contributed by atoms with Crippen molar-refractivity contribution >= 4 is 100 Å². The highest BCUT2D eigenvalue weighted by Gasteiger charge is 2.38. The first-order chi connectivity index (χ1) is 46.3. The van der Waals surface area contributed by atoms with Gasteiger partial charge in [0.2, 0.25) is 65.0 Å². The SMILES string of the molecule is CCC(=O)OCCSC[C@H](N)C(=O)N[C@@H](CCN)C(=O)N[C@H](C(=O)N[C@@H](CCN)C(=O)N[C@H]1CCNC(=O)[C@H]([C@@H](C)O)NC(=O)[C@H](CCN)NC(=O)[C@H](CCN)NC(=O)[C@H](CSCCOC(=O)c2ccccc2)NC(=O)[C@@H](Cc2ccccc2)NC(=O)[C@H](CCN)NC1=O)[C@@H](C)O. The van der Waals surface area contributed by atoms with Crippen LogP contribution in [0.25, 0.3) is 0 Å². The second kappa shape index (κ2) is 45.4. The summed E-state index contributed by atoms with van der Waals surface area (Å²) in [5, 5.41) is 49.3. The summed E-state index contributed by atoms with van der Waals surface area (Å²) in [5.74, 6) is -11.6. The van der Waals surface area contributed by atoms with Gasteiger partial charge in [-0.25, -0.2) is 4.79 Å². The topological polar surface area (TPSA) is 569 Å². The van der Waals surface area contributed by atoms with Gasteiger partial charge in [0.25, 0.3) is 0 Å². The van der Waals surface area contributed by atoms with Gasteiger partial charge in [0.1, 0.15) is 73.6 Å². The molecule has 0 unspecified atom stereocenters. The van der Waals surface area contributed by atoms with Crippen LogP contribution in [0.5, 0.6) is 0 Å². The number of ether oxygens (including phenoxy) is 2. The van der Waals surface area contributed by atoms with Crippen LogP contribution in [0.3, 0.4) is 0 Å². The number of esters is 2. The molecule has 97 heavy (non-hydrogen) atoms. The van der Waals surface area contributed by atoms with Crippen LogP contribution in [0.1, 0.15) is 81.6 Å². The quantitative estimate of drug-likeness (QED) is 0.0229. The van der Waals surface area contributed by atoms with Crippen LogP contribution < -0.4 is 92.9 Å². The van der Waals surface area contributed by atoms with Crippen LogP contribution in [0.15, 0.2) is 60.7 Å². The molecular weight excluding hydrogens is 1310 g/mol. The molecule has 25 N–H and O–H groups in total. The van der Waals surface area contributed by atoms with Crippen LogP contribution in [0.2, 0.25) is 0 Å². The molecule has 1 fully saturated rings. The number of aliphatic hydroxyl groups excluding tert-OH is 2. The summed E-state index contributed by atoms with van der Waals surface area (Å²) >= 11 is 2.29. The number of carbonyl (C=O) groups is 13. The number of benzene rings is 2. The molecule has 0 bridgehead atoms. The fourth-order valence-electron chi connectivity index (χ4n) is 9.28. The molecule has 11 amide bonds. The molecular formula is C61H97N17O17S2. The molecule has 1 aliphatic rings. The average molecular weight is 1400 g/mol. The van der Waals surface area contributed by atoms with E-state index in [1.54, 1.807) is 67.6 Å². The van der Waals surface area contributed by atoms with E-state index in [1.807, 2.05) is 0 Å². The molecule has 0 saturated carbocycles. The lowest BCUT2D eigenvalue weighted by molar-refractivity contribution is -0.142. The average Bonchev–Trinajstić information content (AvgIpc) is 1.16. The number of thioether (sulfide) groups is 2. The number of nitrogens with two attached hydrogens (primary N) is 6. The summed E-state index contributed by atoms with van der Waals surface area (Å²) in [7, 11) is 0. The molecule has 1 aliphatic heterocycles. The molecule has 3 rings (SSSR count). The first-order valence-electron chi connectivity index (χ1n) is 31.8. The Labute approximate surface area is 571 Å². The maximum Gasteiger partial charge on any atom is 0.338 e. The van der Waals surface area contributed by atoms with E-state index in [-0.39, 0.29) is 114 Å². The summed E-state index contributed by atoms with van der Waals surface area (Å²) in [4.78, 5) is 180. The van der Waals surface area contributed by atoms with Crippen molar-refractivity contribution in [3.63, 3.8) is 0 Å². The van der Waals surface area contributed by atoms with Crippen molar-refractivity contribution in [2.45, 2.75) is 151 Å². The Morgan fingerprint density at radius 1 is 0.567 bits per heavy atom. The molecule has 0 aliphatic carbocycles. The second-order valence-electron chi connectivity index (χ2n) is 22.4. The normalized spacial score (nSPS) is 21.3. The van der Waals surface area contributed by atoms with Crippen LogP contribution in [0.4, 0.5) is 0 Å². The van der Waals surface area contributed by atoms with E-state index in [0.29, 0.717) is 11.3 Å². The van der Waals surface area contributed by atoms with Crippen LogP contribution in [-0.2, 0) is 73.4 Å². The van der Waals surface area contributed by atoms with Crippen molar-refractivity contribution < 1.29 is 82.0 Å². The van der Waals surface area contributed by atoms with Gasteiger partial charge >= 0.3 is 11.9 Å². The molecule has 13 atom stereocenters. The van der Waals surface area contributed by atoms with Gasteiger partial charge in [-0.2, -0.15) is 23.5 Å². The van der Waals surface area contributed by atoms with Gasteiger partial charge < -0.3 is 113 Å². The second-order valence-corrected chi connectivity index (χ2v) is 24.7. The van der Waals surface area contributed by atoms with E-state index in [2.05, 4.69) is 58.5 Å². The maximum absolute atomic E-state index is 14.7. The van der Waals surface area contributed by atoms with Gasteiger partial charge in [-0.15, -0.1) is 0 Å². The van der Waals surface area contributed by atoms with Crippen LogP contribution >= 0.6 is 23.5 Å². The number of aliphatic hydroxyl groups is 2.